The van der Waals surface area contributed by atoms with Crippen LogP contribution in [0, 0.1) is 6.92 Å². The number of aryl methyl sites for hydroxylation is 1. The highest BCUT2D eigenvalue weighted by Crippen LogP contribution is 2.41. The Morgan fingerprint density at radius 3 is 2.30 bits per heavy atom. The molecule has 3 aromatic heterocycles. The molecule has 0 saturated carbocycles. The number of imide groups is 1. The van der Waals surface area contributed by atoms with E-state index in [9.17, 15) is 9.59 Å². The molecule has 37 heavy (non-hydrogen) atoms. The maximum Gasteiger partial charge on any atom is 0.267 e. The van der Waals surface area contributed by atoms with Crippen molar-refractivity contribution in [3.63, 3.8) is 0 Å². The summed E-state index contributed by atoms with van der Waals surface area (Å²) in [7, 11) is 0. The topological polar surface area (TPSA) is 90.2 Å². The van der Waals surface area contributed by atoms with Crippen molar-refractivity contribution >= 4 is 44.5 Å². The van der Waals surface area contributed by atoms with E-state index in [1.165, 1.54) is 0 Å². The van der Waals surface area contributed by atoms with Crippen molar-refractivity contribution in [3.05, 3.63) is 106 Å². The summed E-state index contributed by atoms with van der Waals surface area (Å²) < 4.78 is 8.89. The summed E-state index contributed by atoms with van der Waals surface area (Å²) in [6, 6.07) is 19.9. The highest BCUT2D eigenvalue weighted by atomic mass is 79.9. The molecule has 1 unspecified atom stereocenters. The molecule has 0 bridgehead atoms. The molecule has 1 atom stereocenters. The standard InChI is InChI=1S/C28H20BrN5O3/c1-16-18-8-5-6-11-21(18)31-26(34-27(35)19-9-3-4-10-20(19)28(34)36)25(16)37-17(2)24-22(12-13-23(29)32-24)33-15-7-14-30-33/h3-15,17H,1-2H3. The fourth-order valence-electron chi connectivity index (χ4n) is 4.60. The first-order valence-electron chi connectivity index (χ1n) is 11.6. The van der Waals surface area contributed by atoms with Gasteiger partial charge < -0.3 is 4.74 Å². The van der Waals surface area contributed by atoms with E-state index < -0.39 is 17.9 Å². The number of carbonyl (C=O) groups is 2. The molecule has 0 N–H and O–H groups in total. The lowest BCUT2D eigenvalue weighted by molar-refractivity contribution is 0.0922. The van der Waals surface area contributed by atoms with Crippen LogP contribution in [0.15, 0.2) is 83.7 Å². The third-order valence-corrected chi connectivity index (χ3v) is 6.82. The lowest BCUT2D eigenvalue weighted by Crippen LogP contribution is -2.31. The van der Waals surface area contributed by atoms with Gasteiger partial charge in [0.2, 0.25) is 0 Å². The number of benzene rings is 2. The van der Waals surface area contributed by atoms with Gasteiger partial charge in [-0.05, 0) is 66.2 Å². The van der Waals surface area contributed by atoms with Crippen LogP contribution in [0.25, 0.3) is 16.6 Å². The summed E-state index contributed by atoms with van der Waals surface area (Å²) >= 11 is 3.45. The van der Waals surface area contributed by atoms with Gasteiger partial charge in [0.25, 0.3) is 11.8 Å². The molecular formula is C28H20BrN5O3. The SMILES string of the molecule is Cc1c(OC(C)c2nc(Br)ccc2-n2cccn2)c(N2C(=O)c3ccccc3C2=O)nc2ccccc12. The Balaban J connectivity index is 1.50. The summed E-state index contributed by atoms with van der Waals surface area (Å²) in [5.41, 5.74) is 3.47. The predicted molar refractivity (Wildman–Crippen MR) is 142 cm³/mol. The summed E-state index contributed by atoms with van der Waals surface area (Å²) in [6.45, 7) is 3.76. The number of aromatic nitrogens is 4. The average molecular weight is 554 g/mol. The monoisotopic (exact) mass is 553 g/mol. The molecule has 0 aliphatic carbocycles. The van der Waals surface area contributed by atoms with Crippen molar-refractivity contribution in [3.8, 4) is 11.4 Å². The quantitative estimate of drug-likeness (QED) is 0.201. The van der Waals surface area contributed by atoms with E-state index in [1.807, 2.05) is 62.5 Å². The number of nitrogens with zero attached hydrogens (tertiary/aromatic N) is 5. The number of pyridine rings is 2. The Morgan fingerprint density at radius 1 is 0.892 bits per heavy atom. The molecule has 2 aromatic carbocycles. The summed E-state index contributed by atoms with van der Waals surface area (Å²) in [6.07, 6.45) is 2.94. The van der Waals surface area contributed by atoms with Crippen molar-refractivity contribution in [2.75, 3.05) is 4.90 Å². The smallest absolute Gasteiger partial charge is 0.267 e. The third kappa shape index (κ3) is 3.79. The lowest BCUT2D eigenvalue weighted by atomic mass is 10.1. The number of halogens is 1. The number of carbonyl (C=O) groups excluding carboxylic acids is 2. The second-order valence-electron chi connectivity index (χ2n) is 8.65. The molecule has 5 aromatic rings. The maximum absolute atomic E-state index is 13.4. The zero-order valence-corrected chi connectivity index (χ0v) is 21.5. The number of hydrogen-bond acceptors (Lipinski definition) is 6. The Bertz CT molecular complexity index is 1670. The average Bonchev–Trinajstić information content (AvgIpc) is 3.53. The van der Waals surface area contributed by atoms with E-state index in [0.717, 1.165) is 21.5 Å². The molecule has 182 valence electrons. The Hall–Kier alpha value is -4.37. The van der Waals surface area contributed by atoms with Crippen molar-refractivity contribution in [2.24, 2.45) is 0 Å². The summed E-state index contributed by atoms with van der Waals surface area (Å²) in [5.74, 6) is -0.366. The zero-order valence-electron chi connectivity index (χ0n) is 19.9. The van der Waals surface area contributed by atoms with E-state index in [1.54, 1.807) is 35.1 Å². The van der Waals surface area contributed by atoms with Crippen LogP contribution >= 0.6 is 15.9 Å². The van der Waals surface area contributed by atoms with Gasteiger partial charge in [0.1, 0.15) is 16.4 Å². The van der Waals surface area contributed by atoms with Gasteiger partial charge in [-0.15, -0.1) is 0 Å². The van der Waals surface area contributed by atoms with Gasteiger partial charge in [0.05, 0.1) is 22.3 Å². The van der Waals surface area contributed by atoms with E-state index in [2.05, 4.69) is 26.0 Å². The van der Waals surface area contributed by atoms with Gasteiger partial charge in [-0.1, -0.05) is 30.3 Å². The number of fused-ring (bicyclic) bond motifs is 2. The number of para-hydroxylation sites is 1. The summed E-state index contributed by atoms with van der Waals surface area (Å²) in [4.78, 5) is 37.3. The molecule has 4 heterocycles. The molecule has 1 aliphatic heterocycles. The van der Waals surface area contributed by atoms with Crippen LogP contribution < -0.4 is 9.64 Å². The highest BCUT2D eigenvalue weighted by Gasteiger charge is 2.40. The van der Waals surface area contributed by atoms with Gasteiger partial charge in [0, 0.05) is 23.3 Å². The molecule has 1 aliphatic rings. The molecule has 6 rings (SSSR count). The van der Waals surface area contributed by atoms with E-state index in [-0.39, 0.29) is 5.82 Å². The van der Waals surface area contributed by atoms with Crippen LogP contribution in [0.5, 0.6) is 5.75 Å². The summed E-state index contributed by atoms with van der Waals surface area (Å²) in [5, 5.41) is 5.20. The fraction of sp³-hybridized carbons (Fsp3) is 0.107. The van der Waals surface area contributed by atoms with E-state index in [4.69, 9.17) is 9.72 Å². The van der Waals surface area contributed by atoms with Crippen molar-refractivity contribution < 1.29 is 14.3 Å². The van der Waals surface area contributed by atoms with Crippen molar-refractivity contribution in [1.29, 1.82) is 0 Å². The maximum atomic E-state index is 13.4. The minimum atomic E-state index is -0.577. The van der Waals surface area contributed by atoms with Crippen molar-refractivity contribution in [2.45, 2.75) is 20.0 Å². The van der Waals surface area contributed by atoms with Gasteiger partial charge in [0.15, 0.2) is 11.6 Å². The molecule has 0 radical (unpaired) electrons. The fourth-order valence-corrected chi connectivity index (χ4v) is 4.92. The minimum absolute atomic E-state index is 0.157. The van der Waals surface area contributed by atoms with Gasteiger partial charge in [-0.2, -0.15) is 5.10 Å². The number of hydrogen-bond donors (Lipinski definition) is 0. The number of amides is 2. The second-order valence-corrected chi connectivity index (χ2v) is 9.46. The van der Waals surface area contributed by atoms with Crippen LogP contribution in [0.1, 0.15) is 45.0 Å². The van der Waals surface area contributed by atoms with Crippen LogP contribution in [-0.2, 0) is 0 Å². The third-order valence-electron chi connectivity index (χ3n) is 6.38. The minimum Gasteiger partial charge on any atom is -0.480 e. The molecule has 0 fully saturated rings. The number of rotatable bonds is 5. The first-order valence-corrected chi connectivity index (χ1v) is 12.4. The number of anilines is 1. The second kappa shape index (κ2) is 8.94. The zero-order chi connectivity index (χ0) is 25.7. The molecule has 0 spiro atoms. The van der Waals surface area contributed by atoms with E-state index >= 15 is 0 Å². The molecule has 9 heteroatoms. The van der Waals surface area contributed by atoms with Crippen LogP contribution in [0.4, 0.5) is 5.82 Å². The highest BCUT2D eigenvalue weighted by molar-refractivity contribution is 9.10. The van der Waals surface area contributed by atoms with E-state index in [0.29, 0.717) is 32.7 Å². The first kappa shape index (κ1) is 23.1. The van der Waals surface area contributed by atoms with Gasteiger partial charge >= 0.3 is 0 Å². The van der Waals surface area contributed by atoms with Crippen LogP contribution in [-0.4, -0.2) is 31.6 Å². The normalized spacial score (nSPS) is 13.8. The number of ether oxygens (including phenoxy) is 1. The Kier molecular flexibility index (Phi) is 5.57. The molecule has 0 saturated heterocycles. The molecular weight excluding hydrogens is 534 g/mol. The predicted octanol–water partition coefficient (Wildman–Crippen LogP) is 5.83. The van der Waals surface area contributed by atoms with Crippen LogP contribution in [0.2, 0.25) is 0 Å². The Labute approximate surface area is 220 Å². The van der Waals surface area contributed by atoms with Crippen LogP contribution in [0.3, 0.4) is 0 Å². The molecule has 8 nitrogen and oxygen atoms in total. The first-order chi connectivity index (χ1) is 17.9. The van der Waals surface area contributed by atoms with Crippen molar-refractivity contribution in [1.82, 2.24) is 19.7 Å². The van der Waals surface area contributed by atoms with Gasteiger partial charge in [-0.3, -0.25) is 9.59 Å². The van der Waals surface area contributed by atoms with Gasteiger partial charge in [-0.25, -0.2) is 19.5 Å². The largest absolute Gasteiger partial charge is 0.480 e. The lowest BCUT2D eigenvalue weighted by Gasteiger charge is -2.24. The Morgan fingerprint density at radius 2 is 1.59 bits per heavy atom. The molecule has 2 amide bonds.